The zero-order chi connectivity index (χ0) is 11.0. The molecule has 4 heteroatoms. The first-order chi connectivity index (χ1) is 7.81. The highest BCUT2D eigenvalue weighted by Crippen LogP contribution is 2.26. The molecule has 0 saturated carbocycles. The molecule has 16 heavy (non-hydrogen) atoms. The molecule has 0 unspecified atom stereocenters. The van der Waals surface area contributed by atoms with Gasteiger partial charge in [-0.25, -0.2) is 4.98 Å². The fraction of sp³-hybridized carbons (Fsp3) is 0.250. The van der Waals surface area contributed by atoms with Crippen molar-refractivity contribution in [2.45, 2.75) is 19.6 Å². The quantitative estimate of drug-likeness (QED) is 0.806. The summed E-state index contributed by atoms with van der Waals surface area (Å²) in [6, 6.07) is 6.19. The number of fused-ring (bicyclic) bond motifs is 1. The Morgan fingerprint density at radius 2 is 2.19 bits per heavy atom. The van der Waals surface area contributed by atoms with Gasteiger partial charge in [0, 0.05) is 30.4 Å². The Hall–Kier alpha value is -1.39. The van der Waals surface area contributed by atoms with E-state index in [-0.39, 0.29) is 0 Å². The lowest BCUT2D eigenvalue weighted by Crippen LogP contribution is -2.15. The molecule has 0 radical (unpaired) electrons. The number of nitrogens with two attached hydrogens (primary N) is 1. The maximum absolute atomic E-state index is 5.78. The normalized spacial score (nSPS) is 15.2. The smallest absolute Gasteiger partial charge is 0.107 e. The van der Waals surface area contributed by atoms with Crippen LogP contribution in [-0.2, 0) is 19.6 Å². The van der Waals surface area contributed by atoms with E-state index in [1.165, 1.54) is 16.1 Å². The number of nitrogen functional groups attached to an aromatic ring is 1. The van der Waals surface area contributed by atoms with E-state index < -0.39 is 0 Å². The van der Waals surface area contributed by atoms with Gasteiger partial charge in [-0.3, -0.25) is 4.90 Å². The van der Waals surface area contributed by atoms with Crippen LogP contribution in [0, 0.1) is 0 Å². The van der Waals surface area contributed by atoms with Gasteiger partial charge in [0.2, 0.25) is 0 Å². The zero-order valence-electron chi connectivity index (χ0n) is 8.89. The molecule has 1 aromatic carbocycles. The fourth-order valence-corrected chi connectivity index (χ4v) is 2.78. The molecule has 82 valence electrons. The van der Waals surface area contributed by atoms with Crippen LogP contribution >= 0.6 is 11.3 Å². The van der Waals surface area contributed by atoms with E-state index in [1.54, 1.807) is 11.3 Å². The molecule has 0 fully saturated rings. The first-order valence-electron chi connectivity index (χ1n) is 5.29. The molecule has 3 nitrogen and oxygen atoms in total. The van der Waals surface area contributed by atoms with E-state index in [4.69, 9.17) is 5.73 Å². The predicted octanol–water partition coefficient (Wildman–Crippen LogP) is 2.24. The molecule has 1 aliphatic rings. The first-order valence-corrected chi connectivity index (χ1v) is 6.17. The summed E-state index contributed by atoms with van der Waals surface area (Å²) in [6.07, 6.45) is 1.86. The van der Waals surface area contributed by atoms with E-state index in [9.17, 15) is 0 Å². The summed E-state index contributed by atoms with van der Waals surface area (Å²) < 4.78 is 0. The van der Waals surface area contributed by atoms with E-state index in [1.807, 2.05) is 17.6 Å². The molecule has 0 amide bonds. The lowest BCUT2D eigenvalue weighted by molar-refractivity contribution is 0.275. The van der Waals surface area contributed by atoms with Crippen molar-refractivity contribution in [1.29, 1.82) is 0 Å². The van der Waals surface area contributed by atoms with Gasteiger partial charge >= 0.3 is 0 Å². The summed E-state index contributed by atoms with van der Waals surface area (Å²) in [5, 5.41) is 3.21. The highest BCUT2D eigenvalue weighted by atomic mass is 32.1. The number of aromatic nitrogens is 1. The molecule has 0 spiro atoms. The van der Waals surface area contributed by atoms with E-state index in [0.29, 0.717) is 0 Å². The Bertz CT molecular complexity index is 493. The third kappa shape index (κ3) is 1.81. The first kappa shape index (κ1) is 9.81. The van der Waals surface area contributed by atoms with Crippen molar-refractivity contribution >= 4 is 17.0 Å². The summed E-state index contributed by atoms with van der Waals surface area (Å²) in [4.78, 5) is 6.70. The van der Waals surface area contributed by atoms with Crippen molar-refractivity contribution in [3.63, 3.8) is 0 Å². The average molecular weight is 231 g/mol. The van der Waals surface area contributed by atoms with Gasteiger partial charge < -0.3 is 5.73 Å². The van der Waals surface area contributed by atoms with E-state index >= 15 is 0 Å². The predicted molar refractivity (Wildman–Crippen MR) is 65.9 cm³/mol. The van der Waals surface area contributed by atoms with Crippen LogP contribution in [0.4, 0.5) is 5.69 Å². The number of anilines is 1. The second kappa shape index (κ2) is 3.88. The summed E-state index contributed by atoms with van der Waals surface area (Å²) in [7, 11) is 0. The Morgan fingerprint density at radius 3 is 3.00 bits per heavy atom. The molecule has 0 atom stereocenters. The highest BCUT2D eigenvalue weighted by molar-refractivity contribution is 7.09. The second-order valence-electron chi connectivity index (χ2n) is 4.10. The maximum atomic E-state index is 5.78. The summed E-state index contributed by atoms with van der Waals surface area (Å²) in [5.41, 5.74) is 9.39. The molecule has 0 bridgehead atoms. The van der Waals surface area contributed by atoms with Crippen LogP contribution in [0.3, 0.4) is 0 Å². The zero-order valence-corrected chi connectivity index (χ0v) is 9.70. The van der Waals surface area contributed by atoms with Crippen LogP contribution in [0.25, 0.3) is 0 Å². The second-order valence-corrected chi connectivity index (χ2v) is 5.08. The molecular weight excluding hydrogens is 218 g/mol. The Balaban J connectivity index is 1.75. The standard InChI is InChI=1S/C12H13N3S/c13-11-2-1-9-6-15(7-10(9)5-11)8-12-14-3-4-16-12/h1-5H,6-8,13H2. The van der Waals surface area contributed by atoms with Crippen LogP contribution in [0.15, 0.2) is 29.8 Å². The van der Waals surface area contributed by atoms with E-state index in [0.717, 1.165) is 25.3 Å². The minimum absolute atomic E-state index is 0.856. The molecular formula is C12H13N3S. The molecule has 2 aromatic rings. The minimum atomic E-state index is 0.856. The lowest BCUT2D eigenvalue weighted by atomic mass is 10.1. The van der Waals surface area contributed by atoms with Crippen molar-refractivity contribution in [2.75, 3.05) is 5.73 Å². The average Bonchev–Trinajstić information content (AvgIpc) is 2.86. The van der Waals surface area contributed by atoms with Crippen molar-refractivity contribution < 1.29 is 0 Å². The van der Waals surface area contributed by atoms with Crippen molar-refractivity contribution in [3.05, 3.63) is 45.9 Å². The number of rotatable bonds is 2. The minimum Gasteiger partial charge on any atom is -0.399 e. The molecule has 1 aromatic heterocycles. The monoisotopic (exact) mass is 231 g/mol. The summed E-state index contributed by atoms with van der Waals surface area (Å²) in [5.74, 6) is 0. The SMILES string of the molecule is Nc1ccc2c(c1)CN(Cc1nccs1)C2. The van der Waals surface area contributed by atoms with Gasteiger partial charge in [0.15, 0.2) is 0 Å². The molecule has 0 aliphatic carbocycles. The Kier molecular flexibility index (Phi) is 2.38. The number of thiazole rings is 1. The van der Waals surface area contributed by atoms with Crippen molar-refractivity contribution in [2.24, 2.45) is 0 Å². The molecule has 2 N–H and O–H groups in total. The van der Waals surface area contributed by atoms with Gasteiger partial charge in [-0.05, 0) is 23.3 Å². The maximum Gasteiger partial charge on any atom is 0.107 e. The highest BCUT2D eigenvalue weighted by Gasteiger charge is 2.19. The van der Waals surface area contributed by atoms with Crippen molar-refractivity contribution in [1.82, 2.24) is 9.88 Å². The number of nitrogens with zero attached hydrogens (tertiary/aromatic N) is 2. The lowest BCUT2D eigenvalue weighted by Gasteiger charge is -2.11. The third-order valence-electron chi connectivity index (χ3n) is 2.86. The van der Waals surface area contributed by atoms with Crippen LogP contribution in [-0.4, -0.2) is 9.88 Å². The van der Waals surface area contributed by atoms with Crippen LogP contribution in [0.5, 0.6) is 0 Å². The summed E-state index contributed by atoms with van der Waals surface area (Å²) in [6.45, 7) is 2.93. The summed E-state index contributed by atoms with van der Waals surface area (Å²) >= 11 is 1.71. The Labute approximate surface area is 98.5 Å². The topological polar surface area (TPSA) is 42.1 Å². The van der Waals surface area contributed by atoms with Crippen molar-refractivity contribution in [3.8, 4) is 0 Å². The van der Waals surface area contributed by atoms with Gasteiger partial charge in [-0.1, -0.05) is 6.07 Å². The largest absolute Gasteiger partial charge is 0.399 e. The van der Waals surface area contributed by atoms with E-state index in [2.05, 4.69) is 22.0 Å². The molecule has 1 aliphatic heterocycles. The van der Waals surface area contributed by atoms with Crippen LogP contribution in [0.2, 0.25) is 0 Å². The number of benzene rings is 1. The van der Waals surface area contributed by atoms with Gasteiger partial charge in [0.05, 0.1) is 6.54 Å². The number of hydrogen-bond donors (Lipinski definition) is 1. The molecule has 3 rings (SSSR count). The van der Waals surface area contributed by atoms with Gasteiger partial charge in [-0.2, -0.15) is 0 Å². The number of hydrogen-bond acceptors (Lipinski definition) is 4. The van der Waals surface area contributed by atoms with Gasteiger partial charge in [0.1, 0.15) is 5.01 Å². The fourth-order valence-electron chi connectivity index (χ4n) is 2.12. The third-order valence-corrected chi connectivity index (χ3v) is 3.62. The van der Waals surface area contributed by atoms with Crippen LogP contribution in [0.1, 0.15) is 16.1 Å². The van der Waals surface area contributed by atoms with Crippen LogP contribution < -0.4 is 5.73 Å². The van der Waals surface area contributed by atoms with Gasteiger partial charge in [0.25, 0.3) is 0 Å². The molecule has 2 heterocycles. The Morgan fingerprint density at radius 1 is 1.31 bits per heavy atom. The molecule has 0 saturated heterocycles. The van der Waals surface area contributed by atoms with Gasteiger partial charge in [-0.15, -0.1) is 11.3 Å².